The molecule has 74 valence electrons. The Labute approximate surface area is 79.0 Å². The van der Waals surface area contributed by atoms with Crippen molar-refractivity contribution in [2.75, 3.05) is 6.54 Å². The van der Waals surface area contributed by atoms with Gasteiger partial charge in [-0.2, -0.15) is 13.2 Å². The van der Waals surface area contributed by atoms with Crippen LogP contribution in [0.25, 0.3) is 0 Å². The number of halogens is 4. The molecule has 0 spiro atoms. The molecule has 1 unspecified atom stereocenters. The van der Waals surface area contributed by atoms with Gasteiger partial charge in [0.15, 0.2) is 0 Å². The van der Waals surface area contributed by atoms with Gasteiger partial charge in [0.05, 0.1) is 6.54 Å². The number of rotatable bonds is 0. The zero-order chi connectivity index (χ0) is 10.3. The lowest BCUT2D eigenvalue weighted by molar-refractivity contribution is -0.169. The molecule has 1 fully saturated rings. The number of carbonyl (C=O) groups is 2. The van der Waals surface area contributed by atoms with Crippen molar-refractivity contribution in [2.45, 2.75) is 10.5 Å². The number of imide groups is 1. The Bertz CT molecular complexity index is 267. The van der Waals surface area contributed by atoms with Crippen LogP contribution in [0, 0.1) is 0 Å². The summed E-state index contributed by atoms with van der Waals surface area (Å²) in [6.07, 6.45) is -4.75. The molecule has 0 aliphatic carbocycles. The first-order valence-corrected chi connectivity index (χ1v) is 3.91. The van der Waals surface area contributed by atoms with Gasteiger partial charge in [-0.25, -0.2) is 4.79 Å². The minimum atomic E-state index is -4.75. The van der Waals surface area contributed by atoms with Crippen LogP contribution in [0.5, 0.6) is 0 Å². The second-order valence-electron chi connectivity index (χ2n) is 2.44. The fourth-order valence-electron chi connectivity index (χ4n) is 0.758. The molecule has 1 aliphatic rings. The first kappa shape index (κ1) is 10.3. The van der Waals surface area contributed by atoms with Crippen molar-refractivity contribution >= 4 is 27.9 Å². The highest BCUT2D eigenvalue weighted by atomic mass is 79.9. The van der Waals surface area contributed by atoms with Gasteiger partial charge in [-0.3, -0.25) is 10.1 Å². The molecule has 1 heterocycles. The van der Waals surface area contributed by atoms with Gasteiger partial charge < -0.3 is 5.32 Å². The molecule has 2 N–H and O–H groups in total. The molecule has 8 heteroatoms. The fourth-order valence-corrected chi connectivity index (χ4v) is 0.997. The lowest BCUT2D eigenvalue weighted by atomic mass is 10.1. The topological polar surface area (TPSA) is 58.2 Å². The number of alkyl halides is 4. The van der Waals surface area contributed by atoms with E-state index in [1.165, 1.54) is 5.32 Å². The summed E-state index contributed by atoms with van der Waals surface area (Å²) in [4.78, 5) is 21.3. The predicted octanol–water partition coefficient (Wildman–Crippen LogP) is 0.522. The molecule has 0 bridgehead atoms. The van der Waals surface area contributed by atoms with E-state index >= 15 is 0 Å². The molecule has 1 aliphatic heterocycles. The molecular weight excluding hydrogens is 257 g/mol. The highest BCUT2D eigenvalue weighted by molar-refractivity contribution is 9.10. The molecule has 0 radical (unpaired) electrons. The highest BCUT2D eigenvalue weighted by Crippen LogP contribution is 2.38. The van der Waals surface area contributed by atoms with Gasteiger partial charge in [-0.1, -0.05) is 15.9 Å². The Hall–Kier alpha value is -0.790. The Morgan fingerprint density at radius 1 is 1.38 bits per heavy atom. The van der Waals surface area contributed by atoms with Gasteiger partial charge in [0.25, 0.3) is 5.91 Å². The average molecular weight is 261 g/mol. The summed E-state index contributed by atoms with van der Waals surface area (Å²) in [6, 6.07) is -0.927. The summed E-state index contributed by atoms with van der Waals surface area (Å²) < 4.78 is 34.0. The molecule has 1 saturated heterocycles. The Kier molecular flexibility index (Phi) is 2.27. The fraction of sp³-hybridized carbons (Fsp3) is 0.600. The lowest BCUT2D eigenvalue weighted by Crippen LogP contribution is -2.65. The molecule has 13 heavy (non-hydrogen) atoms. The minimum absolute atomic E-state index is 0.804. The van der Waals surface area contributed by atoms with Crippen LogP contribution in [0.1, 0.15) is 0 Å². The van der Waals surface area contributed by atoms with Crippen LogP contribution in [-0.2, 0) is 4.79 Å². The van der Waals surface area contributed by atoms with E-state index in [9.17, 15) is 22.8 Å². The highest BCUT2D eigenvalue weighted by Gasteiger charge is 2.60. The number of hydrogen-bond donors (Lipinski definition) is 2. The van der Waals surface area contributed by atoms with E-state index in [2.05, 4.69) is 15.9 Å². The van der Waals surface area contributed by atoms with E-state index in [1.54, 1.807) is 0 Å². The molecule has 0 aromatic carbocycles. The predicted molar refractivity (Wildman–Crippen MR) is 39.3 cm³/mol. The molecule has 1 atom stereocenters. The molecular formula is C5H4BrF3N2O2. The van der Waals surface area contributed by atoms with Crippen molar-refractivity contribution < 1.29 is 22.8 Å². The zero-order valence-electron chi connectivity index (χ0n) is 6.04. The number of nitrogens with one attached hydrogen (secondary N) is 2. The van der Waals surface area contributed by atoms with Crippen molar-refractivity contribution in [3.05, 3.63) is 0 Å². The monoisotopic (exact) mass is 260 g/mol. The van der Waals surface area contributed by atoms with Gasteiger partial charge in [-0.05, 0) is 0 Å². The maximum Gasteiger partial charge on any atom is 0.414 e. The standard InChI is InChI=1S/C5H4BrF3N2O2/c6-4(5(7,8)9)1-10-3(13)11-2(4)12/h1H2,(H2,10,11,12,13). The van der Waals surface area contributed by atoms with Crippen molar-refractivity contribution in [3.63, 3.8) is 0 Å². The smallest absolute Gasteiger partial charge is 0.335 e. The second-order valence-corrected chi connectivity index (χ2v) is 3.79. The summed E-state index contributed by atoms with van der Waals surface area (Å²) in [5.41, 5.74) is 0. The first-order chi connectivity index (χ1) is 5.77. The Morgan fingerprint density at radius 2 is 1.92 bits per heavy atom. The molecule has 0 aromatic rings. The second kappa shape index (κ2) is 2.86. The van der Waals surface area contributed by atoms with E-state index in [4.69, 9.17) is 0 Å². The Morgan fingerprint density at radius 3 is 2.31 bits per heavy atom. The third kappa shape index (κ3) is 1.62. The van der Waals surface area contributed by atoms with Crippen LogP contribution < -0.4 is 10.6 Å². The summed E-state index contributed by atoms with van der Waals surface area (Å²) in [5, 5.41) is 3.39. The molecule has 4 nitrogen and oxygen atoms in total. The van der Waals surface area contributed by atoms with Gasteiger partial charge >= 0.3 is 12.2 Å². The summed E-state index contributed by atoms with van der Waals surface area (Å²) in [6.45, 7) is -0.804. The number of amides is 3. The van der Waals surface area contributed by atoms with Crippen LogP contribution in [0.2, 0.25) is 0 Å². The van der Waals surface area contributed by atoms with Crippen LogP contribution in [-0.4, -0.2) is 29.0 Å². The zero-order valence-corrected chi connectivity index (χ0v) is 7.62. The number of hydrogen-bond acceptors (Lipinski definition) is 2. The van der Waals surface area contributed by atoms with Crippen LogP contribution in [0.3, 0.4) is 0 Å². The maximum atomic E-state index is 12.2. The largest absolute Gasteiger partial charge is 0.414 e. The molecule has 3 amide bonds. The normalized spacial score (nSPS) is 29.5. The molecule has 0 aromatic heterocycles. The number of carbonyl (C=O) groups excluding carboxylic acids is 2. The van der Waals surface area contributed by atoms with Crippen molar-refractivity contribution in [1.82, 2.24) is 10.6 Å². The molecule has 1 rings (SSSR count). The SMILES string of the molecule is O=C1NCC(Br)(C(F)(F)F)C(=O)N1. The van der Waals surface area contributed by atoms with Crippen LogP contribution in [0.15, 0.2) is 0 Å². The van der Waals surface area contributed by atoms with E-state index < -0.39 is 29.0 Å². The van der Waals surface area contributed by atoms with Gasteiger partial charge in [0.2, 0.25) is 4.32 Å². The quantitative estimate of drug-likeness (QED) is 0.624. The maximum absolute atomic E-state index is 12.2. The lowest BCUT2D eigenvalue weighted by Gasteiger charge is -2.31. The van der Waals surface area contributed by atoms with Gasteiger partial charge in [0, 0.05) is 0 Å². The van der Waals surface area contributed by atoms with E-state index in [0.29, 0.717) is 0 Å². The summed E-state index contributed by atoms with van der Waals surface area (Å²) in [7, 11) is 0. The van der Waals surface area contributed by atoms with E-state index in [1.807, 2.05) is 5.32 Å². The van der Waals surface area contributed by atoms with Crippen LogP contribution >= 0.6 is 15.9 Å². The third-order valence-corrected chi connectivity index (χ3v) is 2.62. The summed E-state index contributed by atoms with van der Waals surface area (Å²) >= 11 is 2.26. The van der Waals surface area contributed by atoms with Gasteiger partial charge in [-0.15, -0.1) is 0 Å². The van der Waals surface area contributed by atoms with Crippen molar-refractivity contribution in [3.8, 4) is 0 Å². The third-order valence-electron chi connectivity index (χ3n) is 1.53. The van der Waals surface area contributed by atoms with E-state index in [-0.39, 0.29) is 0 Å². The number of urea groups is 1. The summed E-state index contributed by atoms with van der Waals surface area (Å²) in [5.74, 6) is -1.40. The van der Waals surface area contributed by atoms with Crippen molar-refractivity contribution in [2.24, 2.45) is 0 Å². The first-order valence-electron chi connectivity index (χ1n) is 3.12. The van der Waals surface area contributed by atoms with Crippen molar-refractivity contribution in [1.29, 1.82) is 0 Å². The Balaban J connectivity index is 2.92. The molecule has 0 saturated carbocycles. The average Bonchev–Trinajstić information content (AvgIpc) is 1.95. The minimum Gasteiger partial charge on any atom is -0.335 e. The van der Waals surface area contributed by atoms with Gasteiger partial charge in [0.1, 0.15) is 0 Å². The van der Waals surface area contributed by atoms with Crippen LogP contribution in [0.4, 0.5) is 18.0 Å². The van der Waals surface area contributed by atoms with E-state index in [0.717, 1.165) is 0 Å².